The number of benzene rings is 1. The number of hydrogen-bond acceptors (Lipinski definition) is 2. The fourth-order valence-electron chi connectivity index (χ4n) is 2.15. The van der Waals surface area contributed by atoms with Crippen LogP contribution >= 0.6 is 0 Å². The first-order chi connectivity index (χ1) is 8.34. The standard InChI is InChI=1S/C13H18FNO2S/c1-9-8-12(14)6-7-13(9)18(16,17)15(3)10(2)11-4-5-11/h6-8,10-11H,4-5H2,1-3H3. The van der Waals surface area contributed by atoms with Crippen LogP contribution < -0.4 is 0 Å². The molecule has 1 fully saturated rings. The van der Waals surface area contributed by atoms with E-state index in [1.807, 2.05) is 6.92 Å². The van der Waals surface area contributed by atoms with Crippen LogP contribution in [0.1, 0.15) is 25.3 Å². The van der Waals surface area contributed by atoms with Crippen LogP contribution in [-0.4, -0.2) is 25.8 Å². The Balaban J connectivity index is 2.34. The average molecular weight is 271 g/mol. The second kappa shape index (κ2) is 4.63. The topological polar surface area (TPSA) is 37.4 Å². The number of halogens is 1. The summed E-state index contributed by atoms with van der Waals surface area (Å²) in [6.45, 7) is 3.54. The highest BCUT2D eigenvalue weighted by Crippen LogP contribution is 2.36. The van der Waals surface area contributed by atoms with Crippen LogP contribution in [0.15, 0.2) is 23.1 Å². The Morgan fingerprint density at radius 1 is 1.39 bits per heavy atom. The van der Waals surface area contributed by atoms with Crippen molar-refractivity contribution < 1.29 is 12.8 Å². The maximum Gasteiger partial charge on any atom is 0.243 e. The summed E-state index contributed by atoms with van der Waals surface area (Å²) in [5, 5.41) is 0. The van der Waals surface area contributed by atoms with Crippen LogP contribution in [-0.2, 0) is 10.0 Å². The summed E-state index contributed by atoms with van der Waals surface area (Å²) in [7, 11) is -1.93. The van der Waals surface area contributed by atoms with E-state index in [1.54, 1.807) is 14.0 Å². The van der Waals surface area contributed by atoms with Gasteiger partial charge in [0.15, 0.2) is 0 Å². The molecular formula is C13H18FNO2S. The van der Waals surface area contributed by atoms with Gasteiger partial charge in [-0.3, -0.25) is 0 Å². The van der Waals surface area contributed by atoms with E-state index in [4.69, 9.17) is 0 Å². The second-order valence-corrected chi connectivity index (χ2v) is 6.98. The lowest BCUT2D eigenvalue weighted by atomic mass is 10.2. The van der Waals surface area contributed by atoms with Gasteiger partial charge in [0.25, 0.3) is 0 Å². The van der Waals surface area contributed by atoms with Crippen molar-refractivity contribution in [2.24, 2.45) is 5.92 Å². The van der Waals surface area contributed by atoms with E-state index in [0.29, 0.717) is 11.5 Å². The summed E-state index contributed by atoms with van der Waals surface area (Å²) in [6, 6.07) is 3.79. The fraction of sp³-hybridized carbons (Fsp3) is 0.538. The van der Waals surface area contributed by atoms with Crippen molar-refractivity contribution in [3.63, 3.8) is 0 Å². The van der Waals surface area contributed by atoms with Crippen molar-refractivity contribution in [1.82, 2.24) is 4.31 Å². The van der Waals surface area contributed by atoms with Crippen LogP contribution in [0.2, 0.25) is 0 Å². The number of aryl methyl sites for hydroxylation is 1. The van der Waals surface area contributed by atoms with E-state index in [9.17, 15) is 12.8 Å². The smallest absolute Gasteiger partial charge is 0.207 e. The van der Waals surface area contributed by atoms with Crippen LogP contribution in [0.25, 0.3) is 0 Å². The van der Waals surface area contributed by atoms with Crippen molar-refractivity contribution in [3.8, 4) is 0 Å². The molecule has 1 aliphatic rings. The largest absolute Gasteiger partial charge is 0.243 e. The highest BCUT2D eigenvalue weighted by atomic mass is 32.2. The van der Waals surface area contributed by atoms with Gasteiger partial charge in [-0.2, -0.15) is 4.31 Å². The molecule has 1 atom stereocenters. The van der Waals surface area contributed by atoms with Gasteiger partial charge in [0.2, 0.25) is 10.0 Å². The summed E-state index contributed by atoms with van der Waals surface area (Å²) in [5.74, 6) is 0.0508. The molecule has 0 aliphatic heterocycles. The van der Waals surface area contributed by atoms with Crippen LogP contribution in [0.4, 0.5) is 4.39 Å². The minimum absolute atomic E-state index is 0.000506. The molecule has 2 rings (SSSR count). The number of rotatable bonds is 4. The lowest BCUT2D eigenvalue weighted by Gasteiger charge is -2.24. The van der Waals surface area contributed by atoms with Crippen LogP contribution in [0, 0.1) is 18.7 Å². The second-order valence-electron chi connectivity index (χ2n) is 5.01. The van der Waals surface area contributed by atoms with E-state index in [0.717, 1.165) is 12.8 Å². The molecule has 0 N–H and O–H groups in total. The van der Waals surface area contributed by atoms with Gasteiger partial charge in [0.1, 0.15) is 5.82 Å². The highest BCUT2D eigenvalue weighted by molar-refractivity contribution is 7.89. The lowest BCUT2D eigenvalue weighted by molar-refractivity contribution is 0.357. The minimum Gasteiger partial charge on any atom is -0.207 e. The molecule has 0 spiro atoms. The van der Waals surface area contributed by atoms with Gasteiger partial charge in [-0.05, 0) is 56.4 Å². The third-order valence-electron chi connectivity index (χ3n) is 3.67. The molecule has 3 nitrogen and oxygen atoms in total. The van der Waals surface area contributed by atoms with Crippen LogP contribution in [0.5, 0.6) is 0 Å². The zero-order valence-electron chi connectivity index (χ0n) is 10.9. The van der Waals surface area contributed by atoms with E-state index in [1.165, 1.54) is 22.5 Å². The fourth-order valence-corrected chi connectivity index (χ4v) is 3.78. The van der Waals surface area contributed by atoms with Gasteiger partial charge in [-0.25, -0.2) is 12.8 Å². The molecule has 1 aliphatic carbocycles. The zero-order chi connectivity index (χ0) is 13.5. The van der Waals surface area contributed by atoms with E-state index >= 15 is 0 Å². The third kappa shape index (κ3) is 2.42. The van der Waals surface area contributed by atoms with E-state index in [-0.39, 0.29) is 10.9 Å². The molecule has 0 bridgehead atoms. The molecular weight excluding hydrogens is 253 g/mol. The molecule has 0 radical (unpaired) electrons. The Morgan fingerprint density at radius 2 is 2.00 bits per heavy atom. The first-order valence-corrected chi connectivity index (χ1v) is 7.52. The molecule has 0 heterocycles. The number of sulfonamides is 1. The third-order valence-corrected chi connectivity index (χ3v) is 5.78. The molecule has 1 saturated carbocycles. The SMILES string of the molecule is Cc1cc(F)ccc1S(=O)(=O)N(C)C(C)C1CC1. The summed E-state index contributed by atoms with van der Waals surface area (Å²) in [5.41, 5.74) is 0.449. The first kappa shape index (κ1) is 13.5. The van der Waals surface area contributed by atoms with Crippen molar-refractivity contribution in [2.45, 2.75) is 37.6 Å². The Morgan fingerprint density at radius 3 is 2.50 bits per heavy atom. The van der Waals surface area contributed by atoms with Crippen molar-refractivity contribution >= 4 is 10.0 Å². The molecule has 0 amide bonds. The van der Waals surface area contributed by atoms with Crippen molar-refractivity contribution in [1.29, 1.82) is 0 Å². The van der Waals surface area contributed by atoms with Gasteiger partial charge in [-0.15, -0.1) is 0 Å². The first-order valence-electron chi connectivity index (χ1n) is 6.08. The molecule has 18 heavy (non-hydrogen) atoms. The molecule has 1 aromatic carbocycles. The summed E-state index contributed by atoms with van der Waals surface area (Å²) in [4.78, 5) is 0.193. The van der Waals surface area contributed by atoms with Crippen molar-refractivity contribution in [2.75, 3.05) is 7.05 Å². The number of hydrogen-bond donors (Lipinski definition) is 0. The van der Waals surface area contributed by atoms with Gasteiger partial charge < -0.3 is 0 Å². The number of nitrogens with zero attached hydrogens (tertiary/aromatic N) is 1. The van der Waals surface area contributed by atoms with Crippen molar-refractivity contribution in [3.05, 3.63) is 29.6 Å². The van der Waals surface area contributed by atoms with E-state index in [2.05, 4.69) is 0 Å². The summed E-state index contributed by atoms with van der Waals surface area (Å²) < 4.78 is 39.3. The Labute approximate surface area is 108 Å². The maximum atomic E-state index is 13.0. The van der Waals surface area contributed by atoms with Gasteiger partial charge in [0.05, 0.1) is 4.90 Å². The summed E-state index contributed by atoms with van der Waals surface area (Å²) in [6.07, 6.45) is 2.17. The maximum absolute atomic E-state index is 13.0. The Kier molecular flexibility index (Phi) is 3.47. The molecule has 0 aromatic heterocycles. The molecule has 5 heteroatoms. The Hall–Kier alpha value is -0.940. The minimum atomic E-state index is -3.52. The quantitative estimate of drug-likeness (QED) is 0.844. The molecule has 100 valence electrons. The predicted octanol–water partition coefficient (Wildman–Crippen LogP) is 2.55. The summed E-state index contributed by atoms with van der Waals surface area (Å²) >= 11 is 0. The predicted molar refractivity (Wildman–Crippen MR) is 68.3 cm³/mol. The normalized spacial score (nSPS) is 18.1. The molecule has 1 unspecified atom stereocenters. The van der Waals surface area contributed by atoms with Crippen LogP contribution in [0.3, 0.4) is 0 Å². The van der Waals surface area contributed by atoms with Gasteiger partial charge >= 0.3 is 0 Å². The Bertz CT molecular complexity index is 552. The van der Waals surface area contributed by atoms with E-state index < -0.39 is 15.8 Å². The lowest BCUT2D eigenvalue weighted by Crippen LogP contribution is -2.36. The molecule has 0 saturated heterocycles. The van der Waals surface area contributed by atoms with Gasteiger partial charge in [0, 0.05) is 13.1 Å². The average Bonchev–Trinajstić information content (AvgIpc) is 3.10. The highest BCUT2D eigenvalue weighted by Gasteiger charge is 2.36. The molecule has 1 aromatic rings. The van der Waals surface area contributed by atoms with Gasteiger partial charge in [-0.1, -0.05) is 0 Å². The zero-order valence-corrected chi connectivity index (χ0v) is 11.7. The monoisotopic (exact) mass is 271 g/mol.